The molecule has 0 saturated carbocycles. The molecule has 2 aromatic rings. The lowest BCUT2D eigenvalue weighted by Crippen LogP contribution is -2.38. The van der Waals surface area contributed by atoms with Crippen molar-refractivity contribution in [1.29, 1.82) is 0 Å². The van der Waals surface area contributed by atoms with Gasteiger partial charge in [-0.05, 0) is 25.0 Å². The lowest BCUT2D eigenvalue weighted by molar-refractivity contribution is -0.129. The summed E-state index contributed by atoms with van der Waals surface area (Å²) in [7, 11) is 0. The van der Waals surface area contributed by atoms with Crippen LogP contribution in [0, 0.1) is 0 Å². The van der Waals surface area contributed by atoms with Gasteiger partial charge >= 0.3 is 0 Å². The summed E-state index contributed by atoms with van der Waals surface area (Å²) >= 11 is 0. The maximum atomic E-state index is 12.0. The second kappa shape index (κ2) is 6.43. The van der Waals surface area contributed by atoms with E-state index in [0.717, 1.165) is 31.5 Å². The Labute approximate surface area is 128 Å². The van der Waals surface area contributed by atoms with E-state index in [0.29, 0.717) is 11.3 Å². The first kappa shape index (κ1) is 14.3. The topological polar surface area (TPSA) is 75.4 Å². The Kier molecular flexibility index (Phi) is 4.18. The molecule has 2 amide bonds. The molecule has 1 aliphatic rings. The minimum absolute atomic E-state index is 0.0240. The highest BCUT2D eigenvalue weighted by molar-refractivity contribution is 5.96. The second-order valence-electron chi connectivity index (χ2n) is 5.21. The van der Waals surface area contributed by atoms with Crippen LogP contribution >= 0.6 is 0 Å². The van der Waals surface area contributed by atoms with E-state index in [2.05, 4.69) is 10.3 Å². The Bertz CT molecular complexity index is 644. The van der Waals surface area contributed by atoms with Crippen LogP contribution < -0.4 is 5.32 Å². The van der Waals surface area contributed by atoms with Gasteiger partial charge in [-0.2, -0.15) is 0 Å². The van der Waals surface area contributed by atoms with Crippen LogP contribution in [-0.4, -0.2) is 41.3 Å². The van der Waals surface area contributed by atoms with Gasteiger partial charge < -0.3 is 14.6 Å². The number of carbonyl (C=O) groups excluding carboxylic acids is 2. The standard InChI is InChI=1S/C16H17N3O3/c20-15(19-7-1-2-8-19)10-18-16(21)13-5-3-12(4-6-13)14-9-17-11-22-14/h3-6,9,11H,1-2,7-8,10H2,(H,18,21). The fourth-order valence-corrected chi connectivity index (χ4v) is 2.48. The highest BCUT2D eigenvalue weighted by Crippen LogP contribution is 2.18. The van der Waals surface area contributed by atoms with Crippen molar-refractivity contribution in [2.75, 3.05) is 19.6 Å². The smallest absolute Gasteiger partial charge is 0.251 e. The molecule has 3 rings (SSSR count). The molecule has 114 valence electrons. The molecule has 0 radical (unpaired) electrons. The molecular formula is C16H17N3O3. The zero-order chi connectivity index (χ0) is 15.4. The van der Waals surface area contributed by atoms with Gasteiger partial charge in [-0.1, -0.05) is 12.1 Å². The van der Waals surface area contributed by atoms with Gasteiger partial charge in [0, 0.05) is 24.2 Å². The molecule has 0 atom stereocenters. The summed E-state index contributed by atoms with van der Waals surface area (Å²) in [6, 6.07) is 6.98. The fraction of sp³-hybridized carbons (Fsp3) is 0.312. The molecule has 1 N–H and O–H groups in total. The fourth-order valence-electron chi connectivity index (χ4n) is 2.48. The predicted octanol–water partition coefficient (Wildman–Crippen LogP) is 1.69. The van der Waals surface area contributed by atoms with Crippen molar-refractivity contribution in [3.63, 3.8) is 0 Å². The molecule has 1 aromatic heterocycles. The molecular weight excluding hydrogens is 282 g/mol. The number of hydrogen-bond acceptors (Lipinski definition) is 4. The third-order valence-electron chi connectivity index (χ3n) is 3.72. The SMILES string of the molecule is O=C(NCC(=O)N1CCCC1)c1ccc(-c2cnco2)cc1. The van der Waals surface area contributed by atoms with E-state index in [-0.39, 0.29) is 18.4 Å². The molecule has 2 heterocycles. The largest absolute Gasteiger partial charge is 0.444 e. The van der Waals surface area contributed by atoms with Gasteiger partial charge in [-0.25, -0.2) is 4.98 Å². The Morgan fingerprint density at radius 1 is 1.18 bits per heavy atom. The number of rotatable bonds is 4. The molecule has 1 fully saturated rings. The molecule has 6 nitrogen and oxygen atoms in total. The van der Waals surface area contributed by atoms with Crippen LogP contribution in [0.2, 0.25) is 0 Å². The minimum atomic E-state index is -0.253. The van der Waals surface area contributed by atoms with Crippen molar-refractivity contribution in [1.82, 2.24) is 15.2 Å². The van der Waals surface area contributed by atoms with E-state index in [1.54, 1.807) is 35.4 Å². The first-order valence-corrected chi connectivity index (χ1v) is 7.29. The summed E-state index contributed by atoms with van der Waals surface area (Å²) in [5, 5.41) is 2.66. The minimum Gasteiger partial charge on any atom is -0.444 e. The maximum absolute atomic E-state index is 12.0. The van der Waals surface area contributed by atoms with Gasteiger partial charge in [0.05, 0.1) is 12.7 Å². The van der Waals surface area contributed by atoms with Gasteiger partial charge in [0.2, 0.25) is 5.91 Å². The summed E-state index contributed by atoms with van der Waals surface area (Å²) in [6.45, 7) is 1.63. The zero-order valence-electron chi connectivity index (χ0n) is 12.1. The number of oxazole rings is 1. The summed E-state index contributed by atoms with van der Waals surface area (Å²) < 4.78 is 5.19. The molecule has 0 aliphatic carbocycles. The first-order valence-electron chi connectivity index (χ1n) is 7.29. The highest BCUT2D eigenvalue weighted by atomic mass is 16.3. The average Bonchev–Trinajstić information content (AvgIpc) is 3.25. The van der Waals surface area contributed by atoms with Gasteiger partial charge in [-0.15, -0.1) is 0 Å². The van der Waals surface area contributed by atoms with E-state index < -0.39 is 0 Å². The quantitative estimate of drug-likeness (QED) is 0.932. The Balaban J connectivity index is 1.57. The Morgan fingerprint density at radius 2 is 1.91 bits per heavy atom. The van der Waals surface area contributed by atoms with Gasteiger partial charge in [-0.3, -0.25) is 9.59 Å². The molecule has 0 unspecified atom stereocenters. The normalized spacial score (nSPS) is 14.1. The van der Waals surface area contributed by atoms with Crippen LogP contribution in [-0.2, 0) is 4.79 Å². The van der Waals surface area contributed by atoms with Gasteiger partial charge in [0.15, 0.2) is 12.2 Å². The highest BCUT2D eigenvalue weighted by Gasteiger charge is 2.18. The summed E-state index contributed by atoms with van der Waals surface area (Å²) in [4.78, 5) is 29.6. The Hall–Kier alpha value is -2.63. The van der Waals surface area contributed by atoms with Gasteiger partial charge in [0.1, 0.15) is 0 Å². The third kappa shape index (κ3) is 3.16. The molecule has 1 aliphatic heterocycles. The van der Waals surface area contributed by atoms with Crippen molar-refractivity contribution in [3.8, 4) is 11.3 Å². The number of likely N-dealkylation sites (tertiary alicyclic amines) is 1. The van der Waals surface area contributed by atoms with Crippen molar-refractivity contribution in [2.45, 2.75) is 12.8 Å². The van der Waals surface area contributed by atoms with E-state index in [1.807, 2.05) is 0 Å². The maximum Gasteiger partial charge on any atom is 0.251 e. The summed E-state index contributed by atoms with van der Waals surface area (Å²) in [5.41, 5.74) is 1.36. The molecule has 22 heavy (non-hydrogen) atoms. The predicted molar refractivity (Wildman–Crippen MR) is 80.1 cm³/mol. The van der Waals surface area contributed by atoms with Gasteiger partial charge in [0.25, 0.3) is 5.91 Å². The summed E-state index contributed by atoms with van der Waals surface area (Å²) in [6.07, 6.45) is 5.06. The number of carbonyl (C=O) groups is 2. The van der Waals surface area contributed by atoms with Crippen molar-refractivity contribution in [2.24, 2.45) is 0 Å². The number of nitrogens with zero attached hydrogens (tertiary/aromatic N) is 2. The van der Waals surface area contributed by atoms with E-state index in [1.165, 1.54) is 6.39 Å². The monoisotopic (exact) mass is 299 g/mol. The molecule has 0 bridgehead atoms. The zero-order valence-corrected chi connectivity index (χ0v) is 12.1. The number of benzene rings is 1. The molecule has 1 aromatic carbocycles. The van der Waals surface area contributed by atoms with Crippen LogP contribution in [0.3, 0.4) is 0 Å². The van der Waals surface area contributed by atoms with Crippen molar-refractivity contribution in [3.05, 3.63) is 42.4 Å². The lowest BCUT2D eigenvalue weighted by Gasteiger charge is -2.15. The molecule has 0 spiro atoms. The van der Waals surface area contributed by atoms with Crippen LogP contribution in [0.1, 0.15) is 23.2 Å². The Morgan fingerprint density at radius 3 is 2.55 bits per heavy atom. The molecule has 1 saturated heterocycles. The molecule has 6 heteroatoms. The van der Waals surface area contributed by atoms with Crippen LogP contribution in [0.5, 0.6) is 0 Å². The number of hydrogen-bond donors (Lipinski definition) is 1. The summed E-state index contributed by atoms with van der Waals surface area (Å²) in [5.74, 6) is 0.372. The third-order valence-corrected chi connectivity index (χ3v) is 3.72. The number of amides is 2. The first-order chi connectivity index (χ1) is 10.7. The second-order valence-corrected chi connectivity index (χ2v) is 5.21. The average molecular weight is 299 g/mol. The van der Waals surface area contributed by atoms with E-state index in [4.69, 9.17) is 4.42 Å². The van der Waals surface area contributed by atoms with Crippen molar-refractivity contribution < 1.29 is 14.0 Å². The van der Waals surface area contributed by atoms with Crippen LogP contribution in [0.15, 0.2) is 41.3 Å². The van der Waals surface area contributed by atoms with Crippen LogP contribution in [0.25, 0.3) is 11.3 Å². The van der Waals surface area contributed by atoms with Crippen molar-refractivity contribution >= 4 is 11.8 Å². The lowest BCUT2D eigenvalue weighted by atomic mass is 10.1. The number of aromatic nitrogens is 1. The van der Waals surface area contributed by atoms with Crippen LogP contribution in [0.4, 0.5) is 0 Å². The number of nitrogens with one attached hydrogen (secondary N) is 1. The van der Waals surface area contributed by atoms with E-state index in [9.17, 15) is 9.59 Å². The van der Waals surface area contributed by atoms with E-state index >= 15 is 0 Å².